The maximum atomic E-state index is 5.90. The highest BCUT2D eigenvalue weighted by molar-refractivity contribution is 6.32. The number of H-pyrrole nitrogens is 1. The van der Waals surface area contributed by atoms with Gasteiger partial charge in [-0.2, -0.15) is 10.1 Å². The first-order valence-electron chi connectivity index (χ1n) is 4.44. The lowest BCUT2D eigenvalue weighted by atomic mass is 10.5. The molecule has 0 atom stereocenters. The summed E-state index contributed by atoms with van der Waals surface area (Å²) >= 11 is 5.90. The van der Waals surface area contributed by atoms with E-state index < -0.39 is 0 Å². The Morgan fingerprint density at radius 1 is 1.50 bits per heavy atom. The van der Waals surface area contributed by atoms with Gasteiger partial charge >= 0.3 is 6.01 Å². The molecular weight excluding hydrogens is 232 g/mol. The summed E-state index contributed by atoms with van der Waals surface area (Å²) in [7, 11) is 1.49. The predicted octanol–water partition coefficient (Wildman–Crippen LogP) is 0.869. The van der Waals surface area contributed by atoms with Crippen molar-refractivity contribution in [2.45, 2.75) is 6.54 Å². The van der Waals surface area contributed by atoms with Crippen molar-refractivity contribution >= 4 is 17.4 Å². The van der Waals surface area contributed by atoms with Crippen LogP contribution in [0.2, 0.25) is 5.02 Å². The fourth-order valence-electron chi connectivity index (χ4n) is 1.06. The number of hydrogen-bond donors (Lipinski definition) is 2. The summed E-state index contributed by atoms with van der Waals surface area (Å²) in [6.07, 6.45) is 2.90. The van der Waals surface area contributed by atoms with Gasteiger partial charge in [0, 0.05) is 0 Å². The van der Waals surface area contributed by atoms with E-state index in [1.807, 2.05) is 0 Å². The van der Waals surface area contributed by atoms with Crippen LogP contribution >= 0.6 is 11.6 Å². The first-order valence-corrected chi connectivity index (χ1v) is 4.82. The molecule has 0 spiro atoms. The van der Waals surface area contributed by atoms with Crippen LogP contribution in [0.4, 0.5) is 5.82 Å². The third-order valence-electron chi connectivity index (χ3n) is 1.79. The minimum atomic E-state index is 0.254. The summed E-state index contributed by atoms with van der Waals surface area (Å²) in [5.41, 5.74) is 0. The van der Waals surface area contributed by atoms with Gasteiger partial charge in [-0.15, -0.1) is 0 Å². The molecule has 8 heteroatoms. The topological polar surface area (TPSA) is 88.6 Å². The quantitative estimate of drug-likeness (QED) is 0.824. The molecule has 0 fully saturated rings. The standard InChI is InChI=1S/C8H9ClN6O/c1-16-8-11-2-5(9)7(14-8)10-3-6-12-4-13-15-6/h2,4H,3H2,1H3,(H,10,11,14)(H,12,13,15). The van der Waals surface area contributed by atoms with Crippen molar-refractivity contribution in [3.05, 3.63) is 23.4 Å². The zero-order chi connectivity index (χ0) is 11.4. The van der Waals surface area contributed by atoms with E-state index in [0.29, 0.717) is 23.2 Å². The summed E-state index contributed by atoms with van der Waals surface area (Å²) in [6, 6.07) is 0.254. The van der Waals surface area contributed by atoms with Crippen molar-refractivity contribution in [3.8, 4) is 6.01 Å². The Morgan fingerprint density at radius 2 is 2.38 bits per heavy atom. The van der Waals surface area contributed by atoms with Crippen LogP contribution < -0.4 is 10.1 Å². The second kappa shape index (κ2) is 4.75. The molecule has 2 heterocycles. The van der Waals surface area contributed by atoms with Crippen molar-refractivity contribution in [1.29, 1.82) is 0 Å². The second-order valence-corrected chi connectivity index (χ2v) is 3.25. The molecule has 2 rings (SSSR count). The summed E-state index contributed by atoms with van der Waals surface area (Å²) in [5.74, 6) is 1.18. The number of halogens is 1. The van der Waals surface area contributed by atoms with E-state index in [9.17, 15) is 0 Å². The van der Waals surface area contributed by atoms with Crippen molar-refractivity contribution in [2.24, 2.45) is 0 Å². The molecule has 16 heavy (non-hydrogen) atoms. The molecule has 0 aliphatic heterocycles. The lowest BCUT2D eigenvalue weighted by Crippen LogP contribution is -2.05. The van der Waals surface area contributed by atoms with E-state index in [0.717, 1.165) is 0 Å². The molecule has 0 bridgehead atoms. The molecule has 0 unspecified atom stereocenters. The van der Waals surface area contributed by atoms with Crippen LogP contribution in [-0.2, 0) is 6.54 Å². The van der Waals surface area contributed by atoms with E-state index in [1.54, 1.807) is 0 Å². The summed E-state index contributed by atoms with van der Waals surface area (Å²) in [5, 5.41) is 9.85. The SMILES string of the molecule is COc1ncc(Cl)c(NCc2ncn[nH]2)n1. The van der Waals surface area contributed by atoms with Gasteiger partial charge in [0.15, 0.2) is 5.82 Å². The van der Waals surface area contributed by atoms with Crippen LogP contribution in [0.5, 0.6) is 6.01 Å². The highest BCUT2D eigenvalue weighted by Gasteiger charge is 2.05. The number of rotatable bonds is 4. The number of aromatic nitrogens is 5. The maximum Gasteiger partial charge on any atom is 0.318 e. The van der Waals surface area contributed by atoms with E-state index in [2.05, 4.69) is 30.5 Å². The molecule has 0 aliphatic rings. The van der Waals surface area contributed by atoms with Crippen LogP contribution in [0.1, 0.15) is 5.82 Å². The number of nitrogens with zero attached hydrogens (tertiary/aromatic N) is 4. The Hall–Kier alpha value is -1.89. The zero-order valence-electron chi connectivity index (χ0n) is 8.44. The molecule has 0 amide bonds. The molecule has 0 radical (unpaired) electrons. The maximum absolute atomic E-state index is 5.90. The third kappa shape index (κ3) is 2.37. The zero-order valence-corrected chi connectivity index (χ0v) is 9.19. The number of ether oxygens (including phenoxy) is 1. The number of anilines is 1. The first kappa shape index (κ1) is 10.6. The molecule has 0 aliphatic carbocycles. The van der Waals surface area contributed by atoms with E-state index >= 15 is 0 Å². The van der Waals surface area contributed by atoms with Gasteiger partial charge in [0.2, 0.25) is 0 Å². The van der Waals surface area contributed by atoms with E-state index in [1.165, 1.54) is 19.6 Å². The van der Waals surface area contributed by atoms with Crippen LogP contribution in [0.3, 0.4) is 0 Å². The van der Waals surface area contributed by atoms with Gasteiger partial charge in [-0.25, -0.2) is 9.97 Å². The lowest BCUT2D eigenvalue weighted by Gasteiger charge is -2.06. The Kier molecular flexibility index (Phi) is 3.16. The summed E-state index contributed by atoms with van der Waals surface area (Å²) < 4.78 is 4.89. The molecule has 0 saturated heterocycles. The molecule has 7 nitrogen and oxygen atoms in total. The molecular formula is C8H9ClN6O. The Bertz CT molecular complexity index is 460. The van der Waals surface area contributed by atoms with Gasteiger partial charge in [-0.3, -0.25) is 5.10 Å². The van der Waals surface area contributed by atoms with Crippen LogP contribution in [-0.4, -0.2) is 32.3 Å². The normalized spacial score (nSPS) is 10.1. The fraction of sp³-hybridized carbons (Fsp3) is 0.250. The highest BCUT2D eigenvalue weighted by atomic mass is 35.5. The minimum absolute atomic E-state index is 0.254. The molecule has 2 aromatic rings. The lowest BCUT2D eigenvalue weighted by molar-refractivity contribution is 0.380. The number of hydrogen-bond acceptors (Lipinski definition) is 6. The van der Waals surface area contributed by atoms with Gasteiger partial charge < -0.3 is 10.1 Å². The summed E-state index contributed by atoms with van der Waals surface area (Å²) in [6.45, 7) is 0.444. The Labute approximate surface area is 96.2 Å². The van der Waals surface area contributed by atoms with E-state index in [4.69, 9.17) is 16.3 Å². The average Bonchev–Trinajstić information content (AvgIpc) is 2.81. The fourth-order valence-corrected chi connectivity index (χ4v) is 1.21. The minimum Gasteiger partial charge on any atom is -0.467 e. The van der Waals surface area contributed by atoms with Crippen LogP contribution in [0.15, 0.2) is 12.5 Å². The van der Waals surface area contributed by atoms with Crippen LogP contribution in [0.25, 0.3) is 0 Å². The molecule has 2 aromatic heterocycles. The van der Waals surface area contributed by atoms with Crippen LogP contribution in [0, 0.1) is 0 Å². The highest BCUT2D eigenvalue weighted by Crippen LogP contribution is 2.20. The van der Waals surface area contributed by atoms with Crippen molar-refractivity contribution in [3.63, 3.8) is 0 Å². The predicted molar refractivity (Wildman–Crippen MR) is 57.3 cm³/mol. The van der Waals surface area contributed by atoms with Gasteiger partial charge in [0.25, 0.3) is 0 Å². The van der Waals surface area contributed by atoms with E-state index in [-0.39, 0.29) is 6.01 Å². The average molecular weight is 241 g/mol. The monoisotopic (exact) mass is 240 g/mol. The van der Waals surface area contributed by atoms with Gasteiger partial charge in [-0.1, -0.05) is 11.6 Å². The molecule has 0 aromatic carbocycles. The Morgan fingerprint density at radius 3 is 3.06 bits per heavy atom. The Balaban J connectivity index is 2.08. The van der Waals surface area contributed by atoms with Crippen molar-refractivity contribution in [1.82, 2.24) is 25.1 Å². The third-order valence-corrected chi connectivity index (χ3v) is 2.07. The molecule has 84 valence electrons. The van der Waals surface area contributed by atoms with Crippen molar-refractivity contribution < 1.29 is 4.74 Å². The van der Waals surface area contributed by atoms with Gasteiger partial charge in [0.05, 0.1) is 19.9 Å². The number of methoxy groups -OCH3 is 1. The van der Waals surface area contributed by atoms with Gasteiger partial charge in [-0.05, 0) is 0 Å². The second-order valence-electron chi connectivity index (χ2n) is 2.84. The smallest absolute Gasteiger partial charge is 0.318 e. The first-order chi connectivity index (χ1) is 7.79. The number of aromatic amines is 1. The molecule has 2 N–H and O–H groups in total. The molecule has 0 saturated carbocycles. The largest absolute Gasteiger partial charge is 0.467 e. The van der Waals surface area contributed by atoms with Crippen molar-refractivity contribution in [2.75, 3.05) is 12.4 Å². The summed E-state index contributed by atoms with van der Waals surface area (Å²) in [4.78, 5) is 11.9. The van der Waals surface area contributed by atoms with Gasteiger partial charge in [0.1, 0.15) is 17.2 Å². The number of nitrogens with one attached hydrogen (secondary N) is 2.